The Morgan fingerprint density at radius 3 is 2.60 bits per heavy atom. The van der Waals surface area contributed by atoms with Crippen molar-refractivity contribution in [3.63, 3.8) is 0 Å². The fourth-order valence-corrected chi connectivity index (χ4v) is 1.92. The van der Waals surface area contributed by atoms with Crippen LogP contribution in [0.15, 0.2) is 18.2 Å². The van der Waals surface area contributed by atoms with Gasteiger partial charge in [-0.15, -0.1) is 0 Å². The van der Waals surface area contributed by atoms with E-state index in [1.165, 1.54) is 12.1 Å². The number of benzene rings is 1. The van der Waals surface area contributed by atoms with E-state index < -0.39 is 17.2 Å². The molecule has 1 saturated carbocycles. The van der Waals surface area contributed by atoms with Crippen molar-refractivity contribution < 1.29 is 13.9 Å². The third-order valence-corrected chi connectivity index (χ3v) is 2.89. The number of hydrogen-bond acceptors (Lipinski definition) is 1. The summed E-state index contributed by atoms with van der Waals surface area (Å²) in [4.78, 5) is 0. The Morgan fingerprint density at radius 1 is 1.40 bits per heavy atom. The first kappa shape index (κ1) is 10.6. The maximum absolute atomic E-state index is 13.4. The van der Waals surface area contributed by atoms with E-state index >= 15 is 0 Å². The van der Waals surface area contributed by atoms with E-state index in [4.69, 9.17) is 0 Å². The standard InChI is InChI=1S/C12H14F2O/c1-12(15,7-8-2-3-8)10-5-4-9(13)6-11(10)14/h4-6,8,15H,2-3,7H2,1H3. The molecule has 15 heavy (non-hydrogen) atoms. The van der Waals surface area contributed by atoms with Crippen molar-refractivity contribution in [2.75, 3.05) is 0 Å². The van der Waals surface area contributed by atoms with Crippen molar-refractivity contribution in [2.24, 2.45) is 5.92 Å². The van der Waals surface area contributed by atoms with Crippen LogP contribution in [0, 0.1) is 17.6 Å². The third-order valence-electron chi connectivity index (χ3n) is 2.89. The molecule has 0 bridgehead atoms. The van der Waals surface area contributed by atoms with Gasteiger partial charge in [0.2, 0.25) is 0 Å². The van der Waals surface area contributed by atoms with Crippen molar-refractivity contribution in [1.29, 1.82) is 0 Å². The molecule has 1 aromatic rings. The molecule has 1 unspecified atom stereocenters. The third kappa shape index (κ3) is 2.34. The molecule has 1 aliphatic carbocycles. The van der Waals surface area contributed by atoms with Crippen LogP contribution in [0.2, 0.25) is 0 Å². The Hall–Kier alpha value is -0.960. The molecule has 1 N–H and O–H groups in total. The SMILES string of the molecule is CC(O)(CC1CC1)c1ccc(F)cc1F. The van der Waals surface area contributed by atoms with Gasteiger partial charge >= 0.3 is 0 Å². The van der Waals surface area contributed by atoms with Crippen molar-refractivity contribution in [2.45, 2.75) is 31.8 Å². The molecular formula is C12H14F2O. The van der Waals surface area contributed by atoms with Gasteiger partial charge < -0.3 is 5.11 Å². The molecule has 0 amide bonds. The summed E-state index contributed by atoms with van der Waals surface area (Å²) in [6.07, 6.45) is 2.74. The van der Waals surface area contributed by atoms with E-state index in [-0.39, 0.29) is 5.56 Å². The maximum Gasteiger partial charge on any atom is 0.132 e. The zero-order valence-corrected chi connectivity index (χ0v) is 8.63. The van der Waals surface area contributed by atoms with Crippen LogP contribution in [0.5, 0.6) is 0 Å². The van der Waals surface area contributed by atoms with E-state index in [1.807, 2.05) is 0 Å². The fourth-order valence-electron chi connectivity index (χ4n) is 1.92. The average Bonchev–Trinajstić information content (AvgIpc) is 2.86. The number of halogens is 2. The lowest BCUT2D eigenvalue weighted by Crippen LogP contribution is -2.23. The zero-order valence-electron chi connectivity index (χ0n) is 8.63. The van der Waals surface area contributed by atoms with Crippen LogP contribution >= 0.6 is 0 Å². The van der Waals surface area contributed by atoms with E-state index in [0.29, 0.717) is 12.3 Å². The predicted octanol–water partition coefficient (Wildman–Crippen LogP) is 2.97. The Labute approximate surface area is 87.7 Å². The quantitative estimate of drug-likeness (QED) is 0.816. The van der Waals surface area contributed by atoms with Gasteiger partial charge in [0, 0.05) is 11.6 Å². The van der Waals surface area contributed by atoms with Gasteiger partial charge in [-0.3, -0.25) is 0 Å². The van der Waals surface area contributed by atoms with Gasteiger partial charge in [0.05, 0.1) is 5.60 Å². The second-order valence-corrected chi connectivity index (χ2v) is 4.55. The van der Waals surface area contributed by atoms with Gasteiger partial charge in [0.1, 0.15) is 11.6 Å². The van der Waals surface area contributed by atoms with Crippen molar-refractivity contribution in [3.05, 3.63) is 35.4 Å². The van der Waals surface area contributed by atoms with E-state index in [2.05, 4.69) is 0 Å². The van der Waals surface area contributed by atoms with Crippen LogP contribution in [-0.4, -0.2) is 5.11 Å². The molecule has 1 aliphatic rings. The maximum atomic E-state index is 13.4. The molecule has 3 heteroatoms. The molecule has 0 saturated heterocycles. The summed E-state index contributed by atoms with van der Waals surface area (Å²) in [7, 11) is 0. The highest BCUT2D eigenvalue weighted by Crippen LogP contribution is 2.41. The Bertz CT molecular complexity index is 370. The second-order valence-electron chi connectivity index (χ2n) is 4.55. The molecule has 0 spiro atoms. The lowest BCUT2D eigenvalue weighted by atomic mass is 9.90. The highest BCUT2D eigenvalue weighted by Gasteiger charge is 2.34. The Balaban J connectivity index is 2.25. The monoisotopic (exact) mass is 212 g/mol. The Morgan fingerprint density at radius 2 is 2.07 bits per heavy atom. The molecule has 0 aliphatic heterocycles. The minimum absolute atomic E-state index is 0.191. The summed E-state index contributed by atoms with van der Waals surface area (Å²) < 4.78 is 26.1. The summed E-state index contributed by atoms with van der Waals surface area (Å²) in [5, 5.41) is 10.1. The van der Waals surface area contributed by atoms with Crippen molar-refractivity contribution in [1.82, 2.24) is 0 Å². The Kier molecular flexibility index (Phi) is 2.51. The van der Waals surface area contributed by atoms with Crippen LogP contribution in [-0.2, 0) is 5.60 Å². The van der Waals surface area contributed by atoms with Crippen LogP contribution in [0.25, 0.3) is 0 Å². The normalized spacial score (nSPS) is 20.0. The second kappa shape index (κ2) is 3.56. The first-order valence-corrected chi connectivity index (χ1v) is 5.17. The molecule has 0 heterocycles. The van der Waals surface area contributed by atoms with Gasteiger partial charge in [-0.1, -0.05) is 18.9 Å². The average molecular weight is 212 g/mol. The number of rotatable bonds is 3. The summed E-state index contributed by atoms with van der Waals surface area (Å²) in [5.41, 5.74) is -0.991. The number of hydrogen-bond donors (Lipinski definition) is 1. The van der Waals surface area contributed by atoms with Gasteiger partial charge in [0.25, 0.3) is 0 Å². The van der Waals surface area contributed by atoms with E-state index in [0.717, 1.165) is 18.9 Å². The molecule has 2 rings (SSSR count). The van der Waals surface area contributed by atoms with Crippen molar-refractivity contribution in [3.8, 4) is 0 Å². The number of aliphatic hydroxyl groups is 1. The molecule has 1 nitrogen and oxygen atoms in total. The van der Waals surface area contributed by atoms with Crippen LogP contribution in [0.4, 0.5) is 8.78 Å². The molecule has 1 atom stereocenters. The van der Waals surface area contributed by atoms with Crippen LogP contribution in [0.1, 0.15) is 31.7 Å². The molecular weight excluding hydrogens is 198 g/mol. The first-order chi connectivity index (χ1) is 6.99. The molecule has 82 valence electrons. The van der Waals surface area contributed by atoms with Crippen LogP contribution < -0.4 is 0 Å². The lowest BCUT2D eigenvalue weighted by Gasteiger charge is -2.24. The van der Waals surface area contributed by atoms with E-state index in [1.54, 1.807) is 6.92 Å². The first-order valence-electron chi connectivity index (χ1n) is 5.17. The fraction of sp³-hybridized carbons (Fsp3) is 0.500. The zero-order chi connectivity index (χ0) is 11.1. The summed E-state index contributed by atoms with van der Waals surface area (Å²) in [6, 6.07) is 3.32. The summed E-state index contributed by atoms with van der Waals surface area (Å²) >= 11 is 0. The van der Waals surface area contributed by atoms with Crippen LogP contribution in [0.3, 0.4) is 0 Å². The summed E-state index contributed by atoms with van der Waals surface area (Å²) in [6.45, 7) is 1.58. The molecule has 1 fully saturated rings. The predicted molar refractivity (Wildman–Crippen MR) is 53.3 cm³/mol. The van der Waals surface area contributed by atoms with E-state index in [9.17, 15) is 13.9 Å². The largest absolute Gasteiger partial charge is 0.385 e. The summed E-state index contributed by atoms with van der Waals surface area (Å²) in [5.74, 6) is -0.788. The van der Waals surface area contributed by atoms with Gasteiger partial charge in [-0.05, 0) is 25.3 Å². The lowest BCUT2D eigenvalue weighted by molar-refractivity contribution is 0.0380. The minimum atomic E-state index is -1.18. The van der Waals surface area contributed by atoms with Gasteiger partial charge in [0.15, 0.2) is 0 Å². The molecule has 0 aromatic heterocycles. The van der Waals surface area contributed by atoms with Gasteiger partial charge in [-0.25, -0.2) is 8.78 Å². The minimum Gasteiger partial charge on any atom is -0.385 e. The van der Waals surface area contributed by atoms with Crippen molar-refractivity contribution >= 4 is 0 Å². The highest BCUT2D eigenvalue weighted by atomic mass is 19.1. The van der Waals surface area contributed by atoms with Gasteiger partial charge in [-0.2, -0.15) is 0 Å². The topological polar surface area (TPSA) is 20.2 Å². The highest BCUT2D eigenvalue weighted by molar-refractivity contribution is 5.24. The molecule has 0 radical (unpaired) electrons. The molecule has 1 aromatic carbocycles. The smallest absolute Gasteiger partial charge is 0.132 e.